The molecule has 1 unspecified atom stereocenters. The Morgan fingerprint density at radius 2 is 2.00 bits per heavy atom. The van der Waals surface area contributed by atoms with E-state index in [-0.39, 0.29) is 18.4 Å². The zero-order valence-corrected chi connectivity index (χ0v) is 10.5. The second kappa shape index (κ2) is 6.49. The third-order valence-corrected chi connectivity index (χ3v) is 3.00. The predicted octanol–water partition coefficient (Wildman–Crippen LogP) is 0.901. The van der Waals surface area contributed by atoms with E-state index in [1.807, 2.05) is 0 Å². The van der Waals surface area contributed by atoms with E-state index in [2.05, 4.69) is 5.32 Å². The maximum absolute atomic E-state index is 12.7. The van der Waals surface area contributed by atoms with Gasteiger partial charge in [-0.1, -0.05) is 12.1 Å². The number of aliphatic hydroxyl groups is 1. The van der Waals surface area contributed by atoms with Gasteiger partial charge >= 0.3 is 6.03 Å². The molecule has 1 aromatic rings. The van der Waals surface area contributed by atoms with Crippen LogP contribution in [-0.4, -0.2) is 48.9 Å². The van der Waals surface area contributed by atoms with Gasteiger partial charge in [-0.15, -0.1) is 0 Å². The number of hydrogen-bond acceptors (Lipinski definition) is 3. The number of benzene rings is 1. The van der Waals surface area contributed by atoms with Crippen molar-refractivity contribution in [1.29, 1.82) is 0 Å². The van der Waals surface area contributed by atoms with Crippen LogP contribution in [0.15, 0.2) is 24.3 Å². The predicted molar refractivity (Wildman–Crippen MR) is 67.2 cm³/mol. The van der Waals surface area contributed by atoms with Crippen LogP contribution in [0.5, 0.6) is 0 Å². The summed E-state index contributed by atoms with van der Waals surface area (Å²) in [7, 11) is 0. The van der Waals surface area contributed by atoms with Gasteiger partial charge < -0.3 is 20.1 Å². The number of rotatable bonds is 3. The Bertz CT molecular complexity index is 418. The summed E-state index contributed by atoms with van der Waals surface area (Å²) in [4.78, 5) is 13.4. The quantitative estimate of drug-likeness (QED) is 0.856. The number of nitrogens with zero attached hydrogens (tertiary/aromatic N) is 1. The normalized spacial score (nSPS) is 17.1. The molecule has 1 aliphatic heterocycles. The molecule has 0 saturated carbocycles. The van der Waals surface area contributed by atoms with Gasteiger partial charge in [-0.3, -0.25) is 0 Å². The van der Waals surface area contributed by atoms with Crippen LogP contribution < -0.4 is 5.32 Å². The van der Waals surface area contributed by atoms with E-state index in [1.165, 1.54) is 24.3 Å². The van der Waals surface area contributed by atoms with Crippen molar-refractivity contribution in [2.45, 2.75) is 6.10 Å². The molecule has 1 atom stereocenters. The third kappa shape index (κ3) is 3.90. The molecule has 2 amide bonds. The highest BCUT2D eigenvalue weighted by Gasteiger charge is 2.17. The second-order valence-corrected chi connectivity index (χ2v) is 4.35. The van der Waals surface area contributed by atoms with Crippen LogP contribution in [0.2, 0.25) is 0 Å². The average molecular weight is 268 g/mol. The first-order valence-corrected chi connectivity index (χ1v) is 6.21. The van der Waals surface area contributed by atoms with Crippen molar-refractivity contribution >= 4 is 6.03 Å². The molecular formula is C13H17FN2O3. The first kappa shape index (κ1) is 13.8. The Balaban J connectivity index is 1.80. The van der Waals surface area contributed by atoms with E-state index < -0.39 is 6.10 Å². The van der Waals surface area contributed by atoms with Crippen molar-refractivity contribution in [3.05, 3.63) is 35.6 Å². The topological polar surface area (TPSA) is 61.8 Å². The van der Waals surface area contributed by atoms with Gasteiger partial charge in [-0.2, -0.15) is 0 Å². The summed E-state index contributed by atoms with van der Waals surface area (Å²) in [6.45, 7) is 2.28. The van der Waals surface area contributed by atoms with Crippen molar-refractivity contribution in [2.75, 3.05) is 32.8 Å². The summed E-state index contributed by atoms with van der Waals surface area (Å²) in [6.07, 6.45) is -0.842. The van der Waals surface area contributed by atoms with E-state index >= 15 is 0 Å². The SMILES string of the molecule is O=C(NCC(O)c1ccc(F)cc1)N1CCOCC1. The molecule has 0 aliphatic carbocycles. The molecular weight excluding hydrogens is 251 g/mol. The molecule has 2 rings (SSSR count). The van der Waals surface area contributed by atoms with Gasteiger partial charge in [0.05, 0.1) is 19.3 Å². The molecule has 2 N–H and O–H groups in total. The van der Waals surface area contributed by atoms with Crippen molar-refractivity contribution in [3.8, 4) is 0 Å². The van der Waals surface area contributed by atoms with Gasteiger partial charge in [0.1, 0.15) is 5.82 Å². The van der Waals surface area contributed by atoms with Crippen LogP contribution in [0.25, 0.3) is 0 Å². The molecule has 1 saturated heterocycles. The van der Waals surface area contributed by atoms with Gasteiger partial charge in [0.2, 0.25) is 0 Å². The van der Waals surface area contributed by atoms with E-state index in [1.54, 1.807) is 4.90 Å². The largest absolute Gasteiger partial charge is 0.387 e. The summed E-state index contributed by atoms with van der Waals surface area (Å²) in [5.41, 5.74) is 0.573. The number of halogens is 1. The van der Waals surface area contributed by atoms with Crippen LogP contribution in [0, 0.1) is 5.82 Å². The number of ether oxygens (including phenoxy) is 1. The fourth-order valence-electron chi connectivity index (χ4n) is 1.87. The Kier molecular flexibility index (Phi) is 4.70. The zero-order valence-electron chi connectivity index (χ0n) is 10.5. The van der Waals surface area contributed by atoms with E-state index in [0.29, 0.717) is 31.9 Å². The summed E-state index contributed by atoms with van der Waals surface area (Å²) in [5, 5.41) is 12.5. The Labute approximate surface area is 111 Å². The number of hydrogen-bond donors (Lipinski definition) is 2. The lowest BCUT2D eigenvalue weighted by molar-refractivity contribution is 0.0521. The molecule has 6 heteroatoms. The molecule has 0 spiro atoms. The number of aliphatic hydroxyl groups excluding tert-OH is 1. The van der Waals surface area contributed by atoms with Crippen molar-refractivity contribution in [1.82, 2.24) is 10.2 Å². The minimum absolute atomic E-state index is 0.0990. The number of urea groups is 1. The minimum Gasteiger partial charge on any atom is -0.387 e. The summed E-state index contributed by atoms with van der Waals surface area (Å²) >= 11 is 0. The summed E-state index contributed by atoms with van der Waals surface area (Å²) < 4.78 is 17.9. The van der Waals surface area contributed by atoms with Crippen molar-refractivity contribution in [2.24, 2.45) is 0 Å². The van der Waals surface area contributed by atoms with Crippen LogP contribution >= 0.6 is 0 Å². The van der Waals surface area contributed by atoms with Crippen LogP contribution in [-0.2, 0) is 4.74 Å². The number of carbonyl (C=O) groups excluding carboxylic acids is 1. The second-order valence-electron chi connectivity index (χ2n) is 4.35. The highest BCUT2D eigenvalue weighted by molar-refractivity contribution is 5.74. The van der Waals surface area contributed by atoms with E-state index in [0.717, 1.165) is 0 Å². The van der Waals surface area contributed by atoms with Gasteiger partial charge in [0, 0.05) is 19.6 Å². The van der Waals surface area contributed by atoms with Crippen molar-refractivity contribution in [3.63, 3.8) is 0 Å². The van der Waals surface area contributed by atoms with Crippen molar-refractivity contribution < 1.29 is 19.0 Å². The van der Waals surface area contributed by atoms with Crippen LogP contribution in [0.4, 0.5) is 9.18 Å². The first-order valence-electron chi connectivity index (χ1n) is 6.21. The van der Waals surface area contributed by atoms with Gasteiger partial charge in [-0.05, 0) is 17.7 Å². The first-order chi connectivity index (χ1) is 9.16. The van der Waals surface area contributed by atoms with Crippen LogP contribution in [0.1, 0.15) is 11.7 Å². The Morgan fingerprint density at radius 3 is 2.63 bits per heavy atom. The summed E-state index contributed by atoms with van der Waals surface area (Å²) in [6, 6.07) is 5.34. The lowest BCUT2D eigenvalue weighted by Gasteiger charge is -2.27. The molecule has 104 valence electrons. The Hall–Kier alpha value is -1.66. The van der Waals surface area contributed by atoms with Gasteiger partial charge in [-0.25, -0.2) is 9.18 Å². The summed E-state index contributed by atoms with van der Waals surface area (Å²) in [5.74, 6) is -0.353. The number of carbonyl (C=O) groups is 1. The molecule has 19 heavy (non-hydrogen) atoms. The Morgan fingerprint density at radius 1 is 1.37 bits per heavy atom. The van der Waals surface area contributed by atoms with E-state index in [9.17, 15) is 14.3 Å². The maximum Gasteiger partial charge on any atom is 0.317 e. The molecule has 1 aliphatic rings. The molecule has 1 fully saturated rings. The number of nitrogens with one attached hydrogen (secondary N) is 1. The fourth-order valence-corrected chi connectivity index (χ4v) is 1.87. The molecule has 1 aromatic carbocycles. The molecule has 5 nitrogen and oxygen atoms in total. The maximum atomic E-state index is 12.7. The molecule has 0 radical (unpaired) electrons. The van der Waals surface area contributed by atoms with E-state index in [4.69, 9.17) is 4.74 Å². The lowest BCUT2D eigenvalue weighted by Crippen LogP contribution is -2.47. The van der Waals surface area contributed by atoms with Gasteiger partial charge in [0.15, 0.2) is 0 Å². The zero-order chi connectivity index (χ0) is 13.7. The van der Waals surface area contributed by atoms with Crippen LogP contribution in [0.3, 0.4) is 0 Å². The highest BCUT2D eigenvalue weighted by atomic mass is 19.1. The number of morpholine rings is 1. The average Bonchev–Trinajstić information content (AvgIpc) is 2.46. The fraction of sp³-hybridized carbons (Fsp3) is 0.462. The molecule has 0 bridgehead atoms. The highest BCUT2D eigenvalue weighted by Crippen LogP contribution is 2.12. The standard InChI is InChI=1S/C13H17FN2O3/c14-11-3-1-10(2-4-11)12(17)9-15-13(18)16-5-7-19-8-6-16/h1-4,12,17H,5-9H2,(H,15,18). The molecule has 1 heterocycles. The minimum atomic E-state index is -0.842. The van der Waals surface area contributed by atoms with Gasteiger partial charge in [0.25, 0.3) is 0 Å². The lowest BCUT2D eigenvalue weighted by atomic mass is 10.1. The molecule has 0 aromatic heterocycles. The monoisotopic (exact) mass is 268 g/mol. The third-order valence-electron chi connectivity index (χ3n) is 3.00. The smallest absolute Gasteiger partial charge is 0.317 e. The number of amides is 2.